The van der Waals surface area contributed by atoms with Gasteiger partial charge in [-0.05, 0) is 43.9 Å². The van der Waals surface area contributed by atoms with Crippen LogP contribution in [-0.4, -0.2) is 38.8 Å². The van der Waals surface area contributed by atoms with E-state index in [4.69, 9.17) is 0 Å². The number of fused-ring (bicyclic) bond motifs is 2. The largest absolute Gasteiger partial charge is 0.334 e. The van der Waals surface area contributed by atoms with Gasteiger partial charge in [0, 0.05) is 18.8 Å². The van der Waals surface area contributed by atoms with Gasteiger partial charge in [0.2, 0.25) is 0 Å². The van der Waals surface area contributed by atoms with Gasteiger partial charge < -0.3 is 9.80 Å². The molecule has 2 bridgehead atoms. The maximum absolute atomic E-state index is 2.53. The van der Waals surface area contributed by atoms with Gasteiger partial charge in [0.15, 0.2) is 0 Å². The van der Waals surface area contributed by atoms with Crippen molar-refractivity contribution in [3.63, 3.8) is 0 Å². The van der Waals surface area contributed by atoms with E-state index in [1.165, 1.54) is 77.7 Å². The molecule has 3 atom stereocenters. The lowest BCUT2D eigenvalue weighted by Crippen LogP contribution is -3.21. The summed E-state index contributed by atoms with van der Waals surface area (Å²) in [6.07, 6.45) is 15.5. The molecule has 2 aliphatic carbocycles. The van der Waals surface area contributed by atoms with E-state index in [1.807, 2.05) is 9.80 Å². The molecule has 112 valence electrons. The maximum Gasteiger partial charge on any atom is 0.0983 e. The van der Waals surface area contributed by atoms with Crippen molar-refractivity contribution >= 4 is 0 Å². The van der Waals surface area contributed by atoms with Crippen molar-refractivity contribution in [1.29, 1.82) is 0 Å². The minimum Gasteiger partial charge on any atom is -0.334 e. The second-order valence-corrected chi connectivity index (χ2v) is 7.99. The van der Waals surface area contributed by atoms with Gasteiger partial charge in [-0.15, -0.1) is 0 Å². The molecule has 20 heavy (non-hydrogen) atoms. The summed E-state index contributed by atoms with van der Waals surface area (Å²) < 4.78 is 0. The summed E-state index contributed by atoms with van der Waals surface area (Å²) in [5, 5.41) is 0. The van der Waals surface area contributed by atoms with Crippen LogP contribution in [0, 0.1) is 17.8 Å². The van der Waals surface area contributed by atoms with Crippen molar-refractivity contribution < 1.29 is 9.80 Å². The van der Waals surface area contributed by atoms with Crippen LogP contribution in [0.25, 0.3) is 0 Å². The lowest BCUT2D eigenvalue weighted by molar-refractivity contribution is -0.961. The highest BCUT2D eigenvalue weighted by atomic mass is 15.2. The number of likely N-dealkylation sites (tertiary alicyclic amines) is 2. The Labute approximate surface area is 124 Å². The summed E-state index contributed by atoms with van der Waals surface area (Å²) in [6.45, 7) is 7.35. The van der Waals surface area contributed by atoms with E-state index in [1.54, 1.807) is 0 Å². The molecular formula is C18H32N2+2. The standard InChI is InChI=1S/C18H30N2/c1-2-8-20(9-3-1)18-6-10-19(11-7-18)14-17-13-15-4-5-16(17)12-15/h4-5,15-18H,1-3,6-14H2/p+2/t15-,16+,17-/m0/s1. The molecule has 1 saturated carbocycles. The zero-order chi connectivity index (χ0) is 13.4. The van der Waals surface area contributed by atoms with Crippen LogP contribution >= 0.6 is 0 Å². The summed E-state index contributed by atoms with van der Waals surface area (Å²) in [7, 11) is 0. The summed E-state index contributed by atoms with van der Waals surface area (Å²) in [6, 6.07) is 1.01. The Hall–Kier alpha value is -0.340. The van der Waals surface area contributed by atoms with Crippen molar-refractivity contribution in [2.75, 3.05) is 32.7 Å². The van der Waals surface area contributed by atoms with Gasteiger partial charge in [-0.25, -0.2) is 0 Å². The SMILES string of the molecule is C1=C[C@@H]2C[C@H]1C[C@H]2C[NH+]1CCC([NH+]2CCCCC2)CC1. The molecule has 3 fully saturated rings. The summed E-state index contributed by atoms with van der Waals surface area (Å²) in [5.74, 6) is 2.94. The second kappa shape index (κ2) is 5.81. The molecule has 4 aliphatic rings. The van der Waals surface area contributed by atoms with Crippen molar-refractivity contribution in [3.05, 3.63) is 12.2 Å². The van der Waals surface area contributed by atoms with Gasteiger partial charge in [-0.3, -0.25) is 0 Å². The summed E-state index contributed by atoms with van der Waals surface area (Å²) in [4.78, 5) is 3.89. The number of hydrogen-bond donors (Lipinski definition) is 2. The van der Waals surface area contributed by atoms with Gasteiger partial charge in [-0.1, -0.05) is 12.2 Å². The third-order valence-electron chi connectivity index (χ3n) is 6.73. The Balaban J connectivity index is 1.24. The highest BCUT2D eigenvalue weighted by Gasteiger charge is 2.39. The van der Waals surface area contributed by atoms with E-state index in [-0.39, 0.29) is 0 Å². The normalized spacial score (nSPS) is 45.1. The lowest BCUT2D eigenvalue weighted by Gasteiger charge is -2.37. The minimum atomic E-state index is 0.956. The second-order valence-electron chi connectivity index (χ2n) is 7.99. The Kier molecular flexibility index (Phi) is 3.87. The van der Waals surface area contributed by atoms with Gasteiger partial charge >= 0.3 is 0 Å². The molecule has 2 heterocycles. The number of piperidine rings is 2. The number of allylic oxidation sites excluding steroid dienone is 2. The molecule has 0 spiro atoms. The Bertz CT molecular complexity index is 350. The van der Waals surface area contributed by atoms with Crippen LogP contribution in [0.5, 0.6) is 0 Å². The van der Waals surface area contributed by atoms with Gasteiger partial charge in [0.05, 0.1) is 38.8 Å². The van der Waals surface area contributed by atoms with Crippen molar-refractivity contribution in [1.82, 2.24) is 0 Å². The third kappa shape index (κ3) is 2.69. The van der Waals surface area contributed by atoms with Crippen molar-refractivity contribution in [3.8, 4) is 0 Å². The molecule has 4 rings (SSSR count). The fourth-order valence-corrected chi connectivity index (χ4v) is 5.55. The van der Waals surface area contributed by atoms with E-state index >= 15 is 0 Å². The summed E-state index contributed by atoms with van der Waals surface area (Å²) >= 11 is 0. The Morgan fingerprint density at radius 1 is 0.850 bits per heavy atom. The molecule has 2 heteroatoms. The van der Waals surface area contributed by atoms with Crippen LogP contribution in [-0.2, 0) is 0 Å². The molecule has 2 N–H and O–H groups in total. The number of rotatable bonds is 3. The zero-order valence-corrected chi connectivity index (χ0v) is 12.9. The first-order chi connectivity index (χ1) is 9.88. The van der Waals surface area contributed by atoms with Gasteiger partial charge in [-0.2, -0.15) is 0 Å². The Morgan fingerprint density at radius 2 is 1.65 bits per heavy atom. The maximum atomic E-state index is 2.53. The molecule has 2 saturated heterocycles. The first kappa shape index (κ1) is 13.3. The smallest absolute Gasteiger partial charge is 0.0983 e. The quantitative estimate of drug-likeness (QED) is 0.687. The highest BCUT2D eigenvalue weighted by molar-refractivity contribution is 5.09. The van der Waals surface area contributed by atoms with E-state index in [2.05, 4.69) is 12.2 Å². The molecule has 2 nitrogen and oxygen atoms in total. The van der Waals surface area contributed by atoms with E-state index in [9.17, 15) is 0 Å². The Morgan fingerprint density at radius 3 is 2.30 bits per heavy atom. The zero-order valence-electron chi connectivity index (χ0n) is 12.9. The lowest BCUT2D eigenvalue weighted by atomic mass is 9.92. The topological polar surface area (TPSA) is 8.88 Å². The molecule has 0 aromatic heterocycles. The average molecular weight is 276 g/mol. The van der Waals surface area contributed by atoms with Gasteiger partial charge in [0.1, 0.15) is 0 Å². The molecule has 0 unspecified atom stereocenters. The average Bonchev–Trinajstić information content (AvgIpc) is 3.12. The molecule has 0 radical (unpaired) electrons. The van der Waals surface area contributed by atoms with Crippen molar-refractivity contribution in [2.45, 2.75) is 51.0 Å². The van der Waals surface area contributed by atoms with Gasteiger partial charge in [0.25, 0.3) is 0 Å². The van der Waals surface area contributed by atoms with E-state index in [0.29, 0.717) is 0 Å². The fraction of sp³-hybridized carbons (Fsp3) is 0.889. The van der Waals surface area contributed by atoms with Crippen LogP contribution in [0.2, 0.25) is 0 Å². The minimum absolute atomic E-state index is 0.956. The highest BCUT2D eigenvalue weighted by Crippen LogP contribution is 2.42. The first-order valence-corrected chi connectivity index (χ1v) is 9.25. The van der Waals surface area contributed by atoms with Crippen LogP contribution in [0.4, 0.5) is 0 Å². The first-order valence-electron chi connectivity index (χ1n) is 9.25. The monoisotopic (exact) mass is 276 g/mol. The van der Waals surface area contributed by atoms with Crippen LogP contribution in [0.15, 0.2) is 12.2 Å². The number of hydrogen-bond acceptors (Lipinski definition) is 0. The fourth-order valence-electron chi connectivity index (χ4n) is 5.55. The molecule has 0 aromatic carbocycles. The van der Waals surface area contributed by atoms with Crippen molar-refractivity contribution in [2.24, 2.45) is 17.8 Å². The molecule has 0 amide bonds. The predicted molar refractivity (Wildman–Crippen MR) is 82.0 cm³/mol. The molecule has 2 aliphatic heterocycles. The van der Waals surface area contributed by atoms with E-state index in [0.717, 1.165) is 23.8 Å². The third-order valence-corrected chi connectivity index (χ3v) is 6.73. The van der Waals surface area contributed by atoms with E-state index < -0.39 is 0 Å². The molecular weight excluding hydrogens is 244 g/mol. The number of quaternary nitrogens is 2. The van der Waals surface area contributed by atoms with Crippen LogP contribution in [0.3, 0.4) is 0 Å². The van der Waals surface area contributed by atoms with Crippen LogP contribution in [0.1, 0.15) is 44.9 Å². The predicted octanol–water partition coefficient (Wildman–Crippen LogP) is 0.315. The van der Waals surface area contributed by atoms with Crippen LogP contribution < -0.4 is 9.80 Å². The number of nitrogens with one attached hydrogen (secondary N) is 2. The summed E-state index contributed by atoms with van der Waals surface area (Å²) in [5.41, 5.74) is 0. The molecule has 0 aromatic rings.